The first-order chi connectivity index (χ1) is 23.4. The van der Waals surface area contributed by atoms with Gasteiger partial charge in [-0.25, -0.2) is 4.79 Å². The van der Waals surface area contributed by atoms with E-state index in [1.165, 1.54) is 20.3 Å². The summed E-state index contributed by atoms with van der Waals surface area (Å²) in [6.45, 7) is 16.9. The molecule has 50 heavy (non-hydrogen) atoms. The van der Waals surface area contributed by atoms with E-state index in [0.29, 0.717) is 36.3 Å². The van der Waals surface area contributed by atoms with E-state index in [4.69, 9.17) is 23.4 Å². The molecule has 0 bridgehead atoms. The topological polar surface area (TPSA) is 114 Å². The van der Waals surface area contributed by atoms with Crippen LogP contribution in [0.15, 0.2) is 48.5 Å². The summed E-state index contributed by atoms with van der Waals surface area (Å²) in [4.78, 5) is 54.9. The first-order valence-electron chi connectivity index (χ1n) is 17.1. The molecule has 0 radical (unpaired) electrons. The first kappa shape index (κ1) is 38.5. The Labute approximate surface area is 296 Å². The Morgan fingerprint density at radius 2 is 1.38 bits per heavy atom. The highest BCUT2D eigenvalue weighted by Gasteiger charge is 2.38. The fraction of sp³-hybridized carbons (Fsp3) is 0.450. The highest BCUT2D eigenvalue weighted by atomic mass is 28.4. The Balaban J connectivity index is 1.73. The SMILES string of the molecule is COc1cccc(C(=O)CCCCCO[Si](C)(C)C(C)(C)C)c1Cc1c(OC(=O)OC(C)(C)C)c(OC)cc2c1C(=O)c1ccccc1C2=O. The van der Waals surface area contributed by atoms with Gasteiger partial charge in [-0.05, 0) is 63.9 Å². The molecule has 3 aromatic rings. The van der Waals surface area contributed by atoms with Crippen LogP contribution in [0, 0.1) is 0 Å². The second kappa shape index (κ2) is 15.3. The van der Waals surface area contributed by atoms with Crippen molar-refractivity contribution in [1.29, 1.82) is 0 Å². The number of ketones is 3. The predicted octanol–water partition coefficient (Wildman–Crippen LogP) is 9.15. The summed E-state index contributed by atoms with van der Waals surface area (Å²) in [7, 11) is 1.04. The summed E-state index contributed by atoms with van der Waals surface area (Å²) >= 11 is 0. The molecule has 10 heteroatoms. The van der Waals surface area contributed by atoms with Crippen LogP contribution in [-0.2, 0) is 15.6 Å². The van der Waals surface area contributed by atoms with E-state index in [1.807, 2.05) is 0 Å². The lowest BCUT2D eigenvalue weighted by molar-refractivity contribution is 0.0198. The highest BCUT2D eigenvalue weighted by molar-refractivity contribution is 6.74. The zero-order chi connectivity index (χ0) is 37.0. The lowest BCUT2D eigenvalue weighted by Crippen LogP contribution is -2.40. The van der Waals surface area contributed by atoms with Crippen LogP contribution in [0.2, 0.25) is 18.1 Å². The van der Waals surface area contributed by atoms with Crippen molar-refractivity contribution in [2.75, 3.05) is 20.8 Å². The Morgan fingerprint density at radius 1 is 0.740 bits per heavy atom. The average molecular weight is 703 g/mol. The number of Topliss-reactive ketones (excluding diaryl/α,β-unsaturated/α-hetero) is 1. The van der Waals surface area contributed by atoms with Crippen molar-refractivity contribution in [1.82, 2.24) is 0 Å². The maximum atomic E-state index is 14.2. The van der Waals surface area contributed by atoms with Crippen molar-refractivity contribution >= 4 is 31.8 Å². The number of rotatable bonds is 13. The number of hydrogen-bond acceptors (Lipinski definition) is 9. The van der Waals surface area contributed by atoms with Crippen LogP contribution in [0.5, 0.6) is 17.2 Å². The van der Waals surface area contributed by atoms with Gasteiger partial charge in [-0.2, -0.15) is 0 Å². The van der Waals surface area contributed by atoms with Crippen LogP contribution >= 0.6 is 0 Å². The van der Waals surface area contributed by atoms with Gasteiger partial charge in [-0.15, -0.1) is 0 Å². The van der Waals surface area contributed by atoms with Crippen molar-refractivity contribution in [2.45, 2.75) is 97.4 Å². The number of benzene rings is 3. The first-order valence-corrected chi connectivity index (χ1v) is 20.0. The molecule has 1 aliphatic rings. The van der Waals surface area contributed by atoms with Gasteiger partial charge in [0.15, 0.2) is 37.2 Å². The van der Waals surface area contributed by atoms with E-state index in [2.05, 4.69) is 33.9 Å². The molecule has 0 spiro atoms. The summed E-state index contributed by atoms with van der Waals surface area (Å²) in [6.07, 6.45) is 1.55. The molecule has 0 N–H and O–H groups in total. The Kier molecular flexibility index (Phi) is 11.8. The second-order valence-corrected chi connectivity index (χ2v) is 19.9. The summed E-state index contributed by atoms with van der Waals surface area (Å²) in [5, 5.41) is 0.132. The van der Waals surface area contributed by atoms with Gasteiger partial charge < -0.3 is 23.4 Å². The summed E-state index contributed by atoms with van der Waals surface area (Å²) in [6, 6.07) is 13.2. The number of ether oxygens (including phenoxy) is 4. The molecule has 0 aliphatic heterocycles. The van der Waals surface area contributed by atoms with Crippen molar-refractivity contribution in [3.05, 3.63) is 87.5 Å². The van der Waals surface area contributed by atoms with Gasteiger partial charge in [-0.3, -0.25) is 14.4 Å². The maximum absolute atomic E-state index is 14.2. The largest absolute Gasteiger partial charge is 0.514 e. The zero-order valence-corrected chi connectivity index (χ0v) is 32.0. The number of unbranched alkanes of at least 4 members (excludes halogenated alkanes) is 2. The van der Waals surface area contributed by atoms with E-state index in [-0.39, 0.29) is 62.3 Å². The fourth-order valence-corrected chi connectivity index (χ4v) is 6.79. The van der Waals surface area contributed by atoms with Crippen molar-refractivity contribution < 1.29 is 42.6 Å². The lowest BCUT2D eigenvalue weighted by atomic mass is 9.79. The Morgan fingerprint density at radius 3 is 1.98 bits per heavy atom. The van der Waals surface area contributed by atoms with Gasteiger partial charge in [0.1, 0.15) is 11.4 Å². The van der Waals surface area contributed by atoms with Crippen LogP contribution in [0.25, 0.3) is 0 Å². The summed E-state index contributed by atoms with van der Waals surface area (Å²) < 4.78 is 28.9. The van der Waals surface area contributed by atoms with E-state index in [1.54, 1.807) is 63.2 Å². The van der Waals surface area contributed by atoms with Crippen molar-refractivity contribution in [3.8, 4) is 17.2 Å². The Bertz CT molecular complexity index is 1780. The molecular formula is C40H50O9Si. The number of carbonyl (C=O) groups is 4. The molecule has 0 atom stereocenters. The fourth-order valence-electron chi connectivity index (χ4n) is 5.70. The molecule has 0 heterocycles. The molecule has 4 rings (SSSR count). The number of fused-ring (bicyclic) bond motifs is 2. The number of carbonyl (C=O) groups excluding carboxylic acids is 4. The lowest BCUT2D eigenvalue weighted by Gasteiger charge is -2.36. The quantitative estimate of drug-likeness (QED) is 0.0442. The molecule has 0 fully saturated rings. The van der Waals surface area contributed by atoms with E-state index >= 15 is 0 Å². The molecular weight excluding hydrogens is 653 g/mol. The van der Waals surface area contributed by atoms with Crippen LogP contribution < -0.4 is 14.2 Å². The van der Waals surface area contributed by atoms with Crippen molar-refractivity contribution in [2.24, 2.45) is 0 Å². The van der Waals surface area contributed by atoms with Gasteiger partial charge in [-0.1, -0.05) is 63.6 Å². The molecule has 0 saturated heterocycles. The zero-order valence-electron chi connectivity index (χ0n) is 31.0. The second-order valence-electron chi connectivity index (χ2n) is 15.1. The van der Waals surface area contributed by atoms with Crippen LogP contribution in [-0.4, -0.2) is 58.3 Å². The normalized spacial score (nSPS) is 13.0. The smallest absolute Gasteiger partial charge is 0.496 e. The summed E-state index contributed by atoms with van der Waals surface area (Å²) in [5.74, 6) is -0.478. The van der Waals surface area contributed by atoms with Crippen LogP contribution in [0.3, 0.4) is 0 Å². The van der Waals surface area contributed by atoms with E-state index in [0.717, 1.165) is 12.8 Å². The molecule has 0 unspecified atom stereocenters. The molecule has 0 amide bonds. The molecule has 268 valence electrons. The number of methoxy groups -OCH3 is 2. The van der Waals surface area contributed by atoms with Gasteiger partial charge in [0.05, 0.1) is 14.2 Å². The highest BCUT2D eigenvalue weighted by Crippen LogP contribution is 2.43. The minimum atomic E-state index is -1.84. The van der Waals surface area contributed by atoms with Gasteiger partial charge in [0.25, 0.3) is 0 Å². The standard InChI is InChI=1S/C40H50O9Si/c1-39(2,3)49-38(44)48-37-30(34-29(24-33(37)46-8)35(42)26-17-13-14-18-27(26)36(34)43)23-28-25(19-16-21-32(28)45-7)31(41)20-12-11-15-22-47-50(9,10)40(4,5)6/h13-14,16-19,21,24H,11-12,15,20,22-23H2,1-10H3. The van der Waals surface area contributed by atoms with Gasteiger partial charge in [0.2, 0.25) is 0 Å². The monoisotopic (exact) mass is 702 g/mol. The van der Waals surface area contributed by atoms with Crippen LogP contribution in [0.4, 0.5) is 4.79 Å². The maximum Gasteiger partial charge on any atom is 0.514 e. The molecule has 3 aromatic carbocycles. The third-order valence-corrected chi connectivity index (χ3v) is 13.9. The third kappa shape index (κ3) is 8.53. The predicted molar refractivity (Wildman–Crippen MR) is 195 cm³/mol. The Hall–Kier alpha value is -4.28. The minimum Gasteiger partial charge on any atom is -0.496 e. The van der Waals surface area contributed by atoms with Crippen LogP contribution in [0.1, 0.15) is 121 Å². The number of hydrogen-bond donors (Lipinski definition) is 0. The minimum absolute atomic E-state index is 0.0628. The summed E-state index contributed by atoms with van der Waals surface area (Å²) in [5.41, 5.74) is 0.914. The van der Waals surface area contributed by atoms with Crippen molar-refractivity contribution in [3.63, 3.8) is 0 Å². The third-order valence-electron chi connectivity index (χ3n) is 9.35. The molecule has 0 saturated carbocycles. The molecule has 1 aliphatic carbocycles. The van der Waals surface area contributed by atoms with E-state index in [9.17, 15) is 19.2 Å². The molecule has 0 aromatic heterocycles. The van der Waals surface area contributed by atoms with Gasteiger partial charge >= 0.3 is 6.16 Å². The van der Waals surface area contributed by atoms with Gasteiger partial charge in [0, 0.05) is 58.4 Å². The average Bonchev–Trinajstić information content (AvgIpc) is 3.04. The van der Waals surface area contributed by atoms with E-state index < -0.39 is 25.9 Å². The molecule has 9 nitrogen and oxygen atoms in total.